The molecular formula is C16H29N. The smallest absolute Gasteiger partial charge is 0.0137 e. The maximum Gasteiger partial charge on any atom is 0.0137 e. The van der Waals surface area contributed by atoms with Crippen LogP contribution in [0.1, 0.15) is 66.2 Å². The van der Waals surface area contributed by atoms with Gasteiger partial charge in [-0.05, 0) is 53.4 Å². The molecule has 98 valence electrons. The van der Waals surface area contributed by atoms with Crippen molar-refractivity contribution in [1.82, 2.24) is 5.32 Å². The topological polar surface area (TPSA) is 12.0 Å². The molecule has 0 saturated carbocycles. The third-order valence-electron chi connectivity index (χ3n) is 2.94. The highest BCUT2D eigenvalue weighted by Crippen LogP contribution is 2.21. The van der Waals surface area contributed by atoms with Gasteiger partial charge in [-0.2, -0.15) is 0 Å². The van der Waals surface area contributed by atoms with E-state index in [2.05, 4.69) is 18.8 Å². The largest absolute Gasteiger partial charge is 0.363 e. The molecule has 0 aromatic carbocycles. The number of allylic oxidation sites excluding steroid dienone is 5. The summed E-state index contributed by atoms with van der Waals surface area (Å²) in [6.45, 7) is 12.2. The molecule has 1 heteroatoms. The van der Waals surface area contributed by atoms with Gasteiger partial charge in [-0.1, -0.05) is 37.1 Å². The predicted octanol–water partition coefficient (Wildman–Crippen LogP) is 5.32. The van der Waals surface area contributed by atoms with Crippen molar-refractivity contribution in [2.24, 2.45) is 0 Å². The summed E-state index contributed by atoms with van der Waals surface area (Å²) < 4.78 is 0. The van der Waals surface area contributed by atoms with E-state index in [1.807, 2.05) is 32.9 Å². The van der Waals surface area contributed by atoms with Crippen LogP contribution in [0.15, 0.2) is 35.7 Å². The molecule has 0 amide bonds. The first-order chi connectivity index (χ1) is 8.11. The van der Waals surface area contributed by atoms with E-state index in [0.29, 0.717) is 0 Å². The Labute approximate surface area is 108 Å². The van der Waals surface area contributed by atoms with Crippen LogP contribution in [0.5, 0.6) is 0 Å². The van der Waals surface area contributed by atoms with E-state index < -0.39 is 0 Å². The van der Waals surface area contributed by atoms with Gasteiger partial charge in [-0.3, -0.25) is 0 Å². The van der Waals surface area contributed by atoms with E-state index >= 15 is 0 Å². The van der Waals surface area contributed by atoms with Crippen molar-refractivity contribution in [2.45, 2.75) is 66.2 Å². The molecule has 0 atom stereocenters. The SMILES string of the molecule is C/C=C\C.C=C(C)N/C1=C(\C)CCCCCC1. The summed E-state index contributed by atoms with van der Waals surface area (Å²) >= 11 is 0. The van der Waals surface area contributed by atoms with E-state index in [9.17, 15) is 0 Å². The summed E-state index contributed by atoms with van der Waals surface area (Å²) in [5.41, 5.74) is 4.02. The number of rotatable bonds is 2. The second-order valence-electron chi connectivity index (χ2n) is 4.75. The third-order valence-corrected chi connectivity index (χ3v) is 2.94. The lowest BCUT2D eigenvalue weighted by molar-refractivity contribution is 0.595. The molecule has 0 unspecified atom stereocenters. The Balaban J connectivity index is 0.000000557. The molecule has 1 aliphatic rings. The minimum Gasteiger partial charge on any atom is -0.363 e. The zero-order valence-electron chi connectivity index (χ0n) is 12.1. The Morgan fingerprint density at radius 1 is 1.06 bits per heavy atom. The Morgan fingerprint density at radius 2 is 1.59 bits per heavy atom. The number of hydrogen-bond acceptors (Lipinski definition) is 1. The Bertz CT molecular complexity index is 267. The van der Waals surface area contributed by atoms with Gasteiger partial charge in [0.2, 0.25) is 0 Å². The monoisotopic (exact) mass is 235 g/mol. The molecule has 1 nitrogen and oxygen atoms in total. The minimum atomic E-state index is 1.06. The fourth-order valence-corrected chi connectivity index (χ4v) is 1.84. The fourth-order valence-electron chi connectivity index (χ4n) is 1.84. The molecule has 17 heavy (non-hydrogen) atoms. The number of hydrogen-bond donors (Lipinski definition) is 1. The molecule has 0 saturated heterocycles. The predicted molar refractivity (Wildman–Crippen MR) is 78.8 cm³/mol. The van der Waals surface area contributed by atoms with Crippen LogP contribution in [0.25, 0.3) is 0 Å². The molecule has 0 spiro atoms. The van der Waals surface area contributed by atoms with Gasteiger partial charge in [0.25, 0.3) is 0 Å². The van der Waals surface area contributed by atoms with Gasteiger partial charge in [0, 0.05) is 11.4 Å². The molecule has 0 radical (unpaired) electrons. The van der Waals surface area contributed by atoms with Crippen LogP contribution < -0.4 is 5.32 Å². The molecule has 0 aliphatic heterocycles. The lowest BCUT2D eigenvalue weighted by Gasteiger charge is -2.17. The molecule has 1 N–H and O–H groups in total. The third kappa shape index (κ3) is 8.79. The standard InChI is InChI=1S/C12H21N.C4H8/c1-10(2)13-12-9-7-5-4-6-8-11(12)3;1-3-4-2/h13H,1,4-9H2,2-3H3;3-4H,1-2H3/b12-11+;4-3-. The molecule has 0 aromatic heterocycles. The summed E-state index contributed by atoms with van der Waals surface area (Å²) in [6, 6.07) is 0. The van der Waals surface area contributed by atoms with Crippen LogP contribution in [0.4, 0.5) is 0 Å². The second kappa shape index (κ2) is 10.2. The maximum absolute atomic E-state index is 3.89. The van der Waals surface area contributed by atoms with Crippen LogP contribution >= 0.6 is 0 Å². The summed E-state index contributed by atoms with van der Waals surface area (Å²) in [4.78, 5) is 0. The Morgan fingerprint density at radius 3 is 2.06 bits per heavy atom. The Hall–Kier alpha value is -0.980. The van der Waals surface area contributed by atoms with Crippen molar-refractivity contribution in [3.05, 3.63) is 35.7 Å². The van der Waals surface area contributed by atoms with E-state index in [-0.39, 0.29) is 0 Å². The van der Waals surface area contributed by atoms with Crippen molar-refractivity contribution in [2.75, 3.05) is 0 Å². The van der Waals surface area contributed by atoms with Crippen LogP contribution in [0.3, 0.4) is 0 Å². The first kappa shape index (κ1) is 16.0. The van der Waals surface area contributed by atoms with Crippen LogP contribution in [0, 0.1) is 0 Å². The average molecular weight is 235 g/mol. The van der Waals surface area contributed by atoms with Gasteiger partial charge < -0.3 is 5.32 Å². The van der Waals surface area contributed by atoms with Crippen molar-refractivity contribution >= 4 is 0 Å². The van der Waals surface area contributed by atoms with Gasteiger partial charge in [0.15, 0.2) is 0 Å². The zero-order valence-corrected chi connectivity index (χ0v) is 12.1. The van der Waals surface area contributed by atoms with Crippen LogP contribution in [-0.2, 0) is 0 Å². The zero-order chi connectivity index (χ0) is 13.1. The molecular weight excluding hydrogens is 206 g/mol. The minimum absolute atomic E-state index is 1.06. The van der Waals surface area contributed by atoms with Crippen LogP contribution in [-0.4, -0.2) is 0 Å². The highest BCUT2D eigenvalue weighted by Gasteiger charge is 2.06. The fraction of sp³-hybridized carbons (Fsp3) is 0.625. The van der Waals surface area contributed by atoms with E-state index in [0.717, 1.165) is 5.70 Å². The van der Waals surface area contributed by atoms with Gasteiger partial charge >= 0.3 is 0 Å². The van der Waals surface area contributed by atoms with E-state index in [1.54, 1.807) is 0 Å². The van der Waals surface area contributed by atoms with Crippen molar-refractivity contribution in [3.63, 3.8) is 0 Å². The summed E-state index contributed by atoms with van der Waals surface area (Å²) in [5.74, 6) is 0. The van der Waals surface area contributed by atoms with Crippen molar-refractivity contribution in [3.8, 4) is 0 Å². The van der Waals surface area contributed by atoms with Crippen molar-refractivity contribution in [1.29, 1.82) is 0 Å². The van der Waals surface area contributed by atoms with Gasteiger partial charge in [-0.15, -0.1) is 0 Å². The van der Waals surface area contributed by atoms with Crippen LogP contribution in [0.2, 0.25) is 0 Å². The van der Waals surface area contributed by atoms with Gasteiger partial charge in [0.1, 0.15) is 0 Å². The van der Waals surface area contributed by atoms with Gasteiger partial charge in [0.05, 0.1) is 0 Å². The first-order valence-corrected chi connectivity index (χ1v) is 6.80. The Kier molecular flexibility index (Phi) is 9.60. The average Bonchev–Trinajstić information content (AvgIpc) is 2.29. The lowest BCUT2D eigenvalue weighted by Crippen LogP contribution is -2.13. The van der Waals surface area contributed by atoms with E-state index in [1.165, 1.54) is 49.8 Å². The molecule has 1 aliphatic carbocycles. The lowest BCUT2D eigenvalue weighted by atomic mass is 9.98. The van der Waals surface area contributed by atoms with Gasteiger partial charge in [-0.25, -0.2) is 0 Å². The highest BCUT2D eigenvalue weighted by atomic mass is 14.9. The maximum atomic E-state index is 3.89. The van der Waals surface area contributed by atoms with Crippen molar-refractivity contribution < 1.29 is 0 Å². The normalized spacial score (nSPS) is 21.2. The molecule has 0 aromatic rings. The summed E-state index contributed by atoms with van der Waals surface area (Å²) in [6.07, 6.45) is 11.9. The highest BCUT2D eigenvalue weighted by molar-refractivity contribution is 5.15. The molecule has 0 bridgehead atoms. The molecule has 1 rings (SSSR count). The quantitative estimate of drug-likeness (QED) is 0.639. The first-order valence-electron chi connectivity index (χ1n) is 6.80. The van der Waals surface area contributed by atoms with E-state index in [4.69, 9.17) is 0 Å². The molecule has 0 heterocycles. The second-order valence-corrected chi connectivity index (χ2v) is 4.75. The summed E-state index contributed by atoms with van der Waals surface area (Å²) in [5, 5.41) is 3.38. The summed E-state index contributed by atoms with van der Waals surface area (Å²) in [7, 11) is 0. The molecule has 0 fully saturated rings. The number of nitrogens with one attached hydrogen (secondary N) is 1.